The number of benzene rings is 1. The molecule has 0 bridgehead atoms. The molecule has 0 aliphatic carbocycles. The van der Waals surface area contributed by atoms with Gasteiger partial charge in [-0.15, -0.1) is 11.3 Å². The van der Waals surface area contributed by atoms with Crippen molar-refractivity contribution in [1.29, 1.82) is 0 Å². The first-order chi connectivity index (χ1) is 9.51. The minimum absolute atomic E-state index is 0.131. The molecule has 20 heavy (non-hydrogen) atoms. The summed E-state index contributed by atoms with van der Waals surface area (Å²) >= 11 is 1.21. The number of ether oxygens (including phenoxy) is 1. The Hall–Kier alpha value is -1.88. The molecule has 1 heterocycles. The van der Waals surface area contributed by atoms with Crippen LogP contribution in [0.5, 0.6) is 5.75 Å². The predicted molar refractivity (Wildman–Crippen MR) is 79.7 cm³/mol. The first-order valence-electron chi connectivity index (χ1n) is 6.51. The lowest BCUT2D eigenvalue weighted by Gasteiger charge is -2.09. The highest BCUT2D eigenvalue weighted by Crippen LogP contribution is 2.29. The number of thiazole rings is 1. The molecule has 1 N–H and O–H groups in total. The Labute approximate surface area is 122 Å². The van der Waals surface area contributed by atoms with Crippen LogP contribution < -0.4 is 4.74 Å². The van der Waals surface area contributed by atoms with Gasteiger partial charge in [0, 0.05) is 5.56 Å². The molecular formula is C15H17NO3S. The van der Waals surface area contributed by atoms with Crippen molar-refractivity contribution >= 4 is 17.3 Å². The van der Waals surface area contributed by atoms with Gasteiger partial charge in [0.25, 0.3) is 0 Å². The SMILES string of the molecule is CCc1nc(-c2ccc(OC(C)C)cc2)sc1C(=O)O. The first-order valence-corrected chi connectivity index (χ1v) is 7.33. The lowest BCUT2D eigenvalue weighted by Crippen LogP contribution is -2.05. The van der Waals surface area contributed by atoms with Gasteiger partial charge in [0.15, 0.2) is 0 Å². The summed E-state index contributed by atoms with van der Waals surface area (Å²) in [5.41, 5.74) is 1.55. The largest absolute Gasteiger partial charge is 0.491 e. The van der Waals surface area contributed by atoms with Crippen LogP contribution in [0, 0.1) is 0 Å². The molecule has 2 aromatic rings. The Balaban J connectivity index is 2.29. The number of hydrogen-bond donors (Lipinski definition) is 1. The van der Waals surface area contributed by atoms with Gasteiger partial charge in [-0.05, 0) is 44.5 Å². The zero-order valence-corrected chi connectivity index (χ0v) is 12.5. The third-order valence-corrected chi connectivity index (χ3v) is 3.83. The van der Waals surface area contributed by atoms with Crippen molar-refractivity contribution in [1.82, 2.24) is 4.98 Å². The van der Waals surface area contributed by atoms with Crippen LogP contribution in [0.25, 0.3) is 10.6 Å². The van der Waals surface area contributed by atoms with Crippen LogP contribution >= 0.6 is 11.3 Å². The van der Waals surface area contributed by atoms with Crippen LogP contribution in [0.15, 0.2) is 24.3 Å². The summed E-state index contributed by atoms with van der Waals surface area (Å²) in [5, 5.41) is 9.88. The number of carbonyl (C=O) groups is 1. The van der Waals surface area contributed by atoms with Crippen molar-refractivity contribution in [2.75, 3.05) is 0 Å². The average Bonchev–Trinajstić information content (AvgIpc) is 2.83. The van der Waals surface area contributed by atoms with E-state index in [1.165, 1.54) is 11.3 Å². The Kier molecular flexibility index (Phi) is 4.39. The van der Waals surface area contributed by atoms with Crippen molar-refractivity contribution in [3.8, 4) is 16.3 Å². The third-order valence-electron chi connectivity index (χ3n) is 2.70. The van der Waals surface area contributed by atoms with Crippen molar-refractivity contribution in [2.24, 2.45) is 0 Å². The van der Waals surface area contributed by atoms with Crippen LogP contribution in [-0.2, 0) is 6.42 Å². The molecule has 4 nitrogen and oxygen atoms in total. The second-order valence-corrected chi connectivity index (χ2v) is 5.64. The fourth-order valence-corrected chi connectivity index (χ4v) is 2.83. The zero-order valence-electron chi connectivity index (χ0n) is 11.7. The van der Waals surface area contributed by atoms with Gasteiger partial charge < -0.3 is 9.84 Å². The Morgan fingerprint density at radius 3 is 2.45 bits per heavy atom. The van der Waals surface area contributed by atoms with E-state index in [0.717, 1.165) is 16.3 Å². The van der Waals surface area contributed by atoms with Crippen LogP contribution in [0.4, 0.5) is 0 Å². The molecule has 0 fully saturated rings. The summed E-state index contributed by atoms with van der Waals surface area (Å²) in [6.07, 6.45) is 0.748. The van der Waals surface area contributed by atoms with E-state index in [0.29, 0.717) is 17.0 Å². The number of aromatic carboxylic acids is 1. The molecule has 0 aliphatic rings. The number of nitrogens with zero attached hydrogens (tertiary/aromatic N) is 1. The molecule has 0 radical (unpaired) electrons. The molecule has 0 saturated carbocycles. The molecule has 0 amide bonds. The van der Waals surface area contributed by atoms with Gasteiger partial charge in [0.05, 0.1) is 11.8 Å². The summed E-state index contributed by atoms with van der Waals surface area (Å²) in [6, 6.07) is 7.56. The molecule has 1 aromatic carbocycles. The maximum absolute atomic E-state index is 11.2. The monoisotopic (exact) mass is 291 g/mol. The minimum atomic E-state index is -0.912. The molecule has 0 saturated heterocycles. The minimum Gasteiger partial charge on any atom is -0.491 e. The molecule has 1 aromatic heterocycles. The number of rotatable bonds is 5. The van der Waals surface area contributed by atoms with E-state index < -0.39 is 5.97 Å². The van der Waals surface area contributed by atoms with E-state index in [1.807, 2.05) is 45.0 Å². The Morgan fingerprint density at radius 1 is 1.35 bits per heavy atom. The zero-order chi connectivity index (χ0) is 14.7. The van der Waals surface area contributed by atoms with Gasteiger partial charge in [-0.2, -0.15) is 0 Å². The molecule has 0 atom stereocenters. The standard InChI is InChI=1S/C15H17NO3S/c1-4-12-13(15(17)18)20-14(16-12)10-5-7-11(8-6-10)19-9(2)3/h5-9H,4H2,1-3H3,(H,17,18). The topological polar surface area (TPSA) is 59.4 Å². The number of hydrogen-bond acceptors (Lipinski definition) is 4. The van der Waals surface area contributed by atoms with Gasteiger partial charge in [0.1, 0.15) is 15.6 Å². The lowest BCUT2D eigenvalue weighted by atomic mass is 10.2. The highest BCUT2D eigenvalue weighted by molar-refractivity contribution is 7.17. The van der Waals surface area contributed by atoms with Crippen LogP contribution in [0.3, 0.4) is 0 Å². The Morgan fingerprint density at radius 2 is 2.00 bits per heavy atom. The van der Waals surface area contributed by atoms with Crippen LogP contribution in [0.2, 0.25) is 0 Å². The average molecular weight is 291 g/mol. The summed E-state index contributed by atoms with van der Waals surface area (Å²) in [7, 11) is 0. The van der Waals surface area contributed by atoms with Gasteiger partial charge in [-0.1, -0.05) is 6.92 Å². The second-order valence-electron chi connectivity index (χ2n) is 4.64. The fraction of sp³-hybridized carbons (Fsp3) is 0.333. The maximum atomic E-state index is 11.2. The van der Waals surface area contributed by atoms with Gasteiger partial charge in [0.2, 0.25) is 0 Å². The summed E-state index contributed by atoms with van der Waals surface area (Å²) < 4.78 is 5.58. The van der Waals surface area contributed by atoms with E-state index in [4.69, 9.17) is 9.84 Å². The van der Waals surface area contributed by atoms with E-state index in [1.54, 1.807) is 0 Å². The van der Waals surface area contributed by atoms with E-state index in [2.05, 4.69) is 4.98 Å². The summed E-state index contributed by atoms with van der Waals surface area (Å²) in [5.74, 6) is -0.111. The van der Waals surface area contributed by atoms with E-state index in [9.17, 15) is 4.79 Å². The quantitative estimate of drug-likeness (QED) is 0.908. The first kappa shape index (κ1) is 14.5. The summed E-state index contributed by atoms with van der Waals surface area (Å²) in [4.78, 5) is 15.9. The number of carboxylic acids is 1. The molecule has 0 spiro atoms. The van der Waals surface area contributed by atoms with E-state index >= 15 is 0 Å². The van der Waals surface area contributed by atoms with Crippen LogP contribution in [0.1, 0.15) is 36.1 Å². The Bertz CT molecular complexity index is 602. The van der Waals surface area contributed by atoms with Gasteiger partial charge in [-0.3, -0.25) is 0 Å². The molecular weight excluding hydrogens is 274 g/mol. The molecule has 0 aliphatic heterocycles. The van der Waals surface area contributed by atoms with Crippen molar-refractivity contribution < 1.29 is 14.6 Å². The number of carboxylic acid groups (broad SMARTS) is 1. The molecule has 5 heteroatoms. The van der Waals surface area contributed by atoms with Gasteiger partial charge >= 0.3 is 5.97 Å². The normalized spacial score (nSPS) is 10.8. The van der Waals surface area contributed by atoms with Crippen molar-refractivity contribution in [2.45, 2.75) is 33.3 Å². The number of aryl methyl sites for hydroxylation is 1. The molecule has 0 unspecified atom stereocenters. The summed E-state index contributed by atoms with van der Waals surface area (Å²) in [6.45, 7) is 5.85. The van der Waals surface area contributed by atoms with Crippen molar-refractivity contribution in [3.63, 3.8) is 0 Å². The van der Waals surface area contributed by atoms with Crippen molar-refractivity contribution in [3.05, 3.63) is 34.8 Å². The van der Waals surface area contributed by atoms with Gasteiger partial charge in [-0.25, -0.2) is 9.78 Å². The molecule has 2 rings (SSSR count). The number of aromatic nitrogens is 1. The van der Waals surface area contributed by atoms with E-state index in [-0.39, 0.29) is 6.10 Å². The highest BCUT2D eigenvalue weighted by atomic mass is 32.1. The smallest absolute Gasteiger partial charge is 0.347 e. The molecule has 106 valence electrons. The lowest BCUT2D eigenvalue weighted by molar-refractivity contribution is 0.0701. The maximum Gasteiger partial charge on any atom is 0.347 e. The third kappa shape index (κ3) is 3.17. The van der Waals surface area contributed by atoms with Crippen LogP contribution in [-0.4, -0.2) is 22.2 Å². The second kappa shape index (κ2) is 6.05. The predicted octanol–water partition coefficient (Wildman–Crippen LogP) is 3.86. The highest BCUT2D eigenvalue weighted by Gasteiger charge is 2.16. The fourth-order valence-electron chi connectivity index (χ4n) is 1.83.